The molecule has 0 aliphatic rings. The van der Waals surface area contributed by atoms with E-state index in [1.165, 1.54) is 43.1 Å². The summed E-state index contributed by atoms with van der Waals surface area (Å²) in [4.78, 5) is 4.88. The largest absolute Gasteiger partial charge is 0.282 e. The number of hydrogen-bond donors (Lipinski definition) is 1. The third kappa shape index (κ3) is 4.45. The van der Waals surface area contributed by atoms with Crippen LogP contribution in [0, 0.1) is 5.41 Å². The topological polar surface area (TPSA) is 36.2 Å². The quantitative estimate of drug-likeness (QED) is 0.126. The third-order valence-electron chi connectivity index (χ3n) is 8.51. The molecule has 0 amide bonds. The van der Waals surface area contributed by atoms with Crippen LogP contribution < -0.4 is 0 Å². The molecular formula is C42H28N2. The summed E-state index contributed by atoms with van der Waals surface area (Å²) in [7, 11) is 0. The van der Waals surface area contributed by atoms with Crippen LogP contribution in [0.5, 0.6) is 0 Å². The van der Waals surface area contributed by atoms with E-state index in [-0.39, 0.29) is 5.84 Å². The summed E-state index contributed by atoms with van der Waals surface area (Å²) in [5, 5.41) is 19.1. The van der Waals surface area contributed by atoms with E-state index in [2.05, 4.69) is 91.0 Å². The highest BCUT2D eigenvalue weighted by Gasteiger charge is 2.14. The molecule has 0 saturated heterocycles. The second-order valence-electron chi connectivity index (χ2n) is 11.1. The van der Waals surface area contributed by atoms with Gasteiger partial charge in [-0.25, -0.2) is 4.99 Å². The van der Waals surface area contributed by atoms with Gasteiger partial charge in [0, 0.05) is 16.7 Å². The molecule has 1 N–H and O–H groups in total. The van der Waals surface area contributed by atoms with E-state index in [1.54, 1.807) is 0 Å². The number of nitrogens with zero attached hydrogens (tertiary/aromatic N) is 1. The highest BCUT2D eigenvalue weighted by molar-refractivity contribution is 6.31. The first-order valence-electron chi connectivity index (χ1n) is 14.9. The van der Waals surface area contributed by atoms with Crippen molar-refractivity contribution < 1.29 is 0 Å². The minimum absolute atomic E-state index is 0.234. The Hall–Kier alpha value is -5.86. The summed E-state index contributed by atoms with van der Waals surface area (Å²) in [5.74, 6) is 0.234. The monoisotopic (exact) mass is 560 g/mol. The molecule has 0 aliphatic heterocycles. The van der Waals surface area contributed by atoms with Gasteiger partial charge in [-0.15, -0.1) is 0 Å². The Morgan fingerprint density at radius 3 is 1.66 bits per heavy atom. The van der Waals surface area contributed by atoms with Crippen LogP contribution in [0.25, 0.3) is 54.2 Å². The molecule has 44 heavy (non-hydrogen) atoms. The lowest BCUT2D eigenvalue weighted by Gasteiger charge is -2.14. The van der Waals surface area contributed by atoms with E-state index in [0.717, 1.165) is 33.5 Å². The fourth-order valence-electron chi connectivity index (χ4n) is 6.41. The van der Waals surface area contributed by atoms with Gasteiger partial charge in [0.1, 0.15) is 0 Å². The summed E-state index contributed by atoms with van der Waals surface area (Å²) in [6.45, 7) is 0. The maximum atomic E-state index is 9.04. The van der Waals surface area contributed by atoms with E-state index in [1.807, 2.05) is 72.8 Å². The van der Waals surface area contributed by atoms with Crippen LogP contribution >= 0.6 is 0 Å². The molecule has 0 bridgehead atoms. The van der Waals surface area contributed by atoms with Gasteiger partial charge in [0.25, 0.3) is 0 Å². The summed E-state index contributed by atoms with van der Waals surface area (Å²) >= 11 is 0. The predicted molar refractivity (Wildman–Crippen MR) is 187 cm³/mol. The van der Waals surface area contributed by atoms with Gasteiger partial charge in [-0.2, -0.15) is 0 Å². The van der Waals surface area contributed by atoms with E-state index in [4.69, 9.17) is 10.4 Å². The summed E-state index contributed by atoms with van der Waals surface area (Å²) in [5.41, 5.74) is 5.72. The third-order valence-corrected chi connectivity index (χ3v) is 8.51. The molecule has 0 heterocycles. The van der Waals surface area contributed by atoms with Gasteiger partial charge in [-0.05, 0) is 66.3 Å². The molecule has 0 saturated carbocycles. The number of nitrogens with one attached hydrogen (secondary N) is 1. The van der Waals surface area contributed by atoms with Crippen LogP contribution in [0.1, 0.15) is 16.7 Å². The Kier molecular flexibility index (Phi) is 6.31. The van der Waals surface area contributed by atoms with Crippen molar-refractivity contribution in [2.75, 3.05) is 0 Å². The van der Waals surface area contributed by atoms with E-state index in [9.17, 15) is 0 Å². The molecule has 0 unspecified atom stereocenters. The molecular weight excluding hydrogens is 532 g/mol. The number of rotatable bonds is 4. The van der Waals surface area contributed by atoms with Crippen molar-refractivity contribution >= 4 is 54.6 Å². The maximum absolute atomic E-state index is 9.04. The van der Waals surface area contributed by atoms with Gasteiger partial charge in [-0.1, -0.05) is 152 Å². The lowest BCUT2D eigenvalue weighted by molar-refractivity contribution is 1.41. The molecule has 0 aromatic heterocycles. The lowest BCUT2D eigenvalue weighted by Crippen LogP contribution is -2.07. The minimum atomic E-state index is 0.234. The van der Waals surface area contributed by atoms with Gasteiger partial charge in [0.15, 0.2) is 5.84 Å². The van der Waals surface area contributed by atoms with Gasteiger partial charge < -0.3 is 0 Å². The zero-order chi connectivity index (χ0) is 29.5. The highest BCUT2D eigenvalue weighted by atomic mass is 14.8. The second kappa shape index (κ2) is 10.8. The van der Waals surface area contributed by atoms with Crippen molar-refractivity contribution in [3.8, 4) is 11.1 Å². The number of hydrogen-bond acceptors (Lipinski definition) is 1. The number of aliphatic imine (C=N–C) groups is 1. The second-order valence-corrected chi connectivity index (χ2v) is 11.1. The molecule has 8 aromatic carbocycles. The van der Waals surface area contributed by atoms with Crippen molar-refractivity contribution in [2.45, 2.75) is 0 Å². The zero-order valence-electron chi connectivity index (χ0n) is 24.0. The van der Waals surface area contributed by atoms with Gasteiger partial charge in [-0.3, -0.25) is 5.41 Å². The van der Waals surface area contributed by atoms with Gasteiger partial charge >= 0.3 is 0 Å². The van der Waals surface area contributed by atoms with Crippen molar-refractivity contribution in [1.82, 2.24) is 0 Å². The molecule has 2 heteroatoms. The van der Waals surface area contributed by atoms with Gasteiger partial charge in [0.05, 0.1) is 5.71 Å². The molecule has 206 valence electrons. The standard InChI is InChI=1S/C42H28N2/c43-42(44-41(29-13-3-1-4-14-29)30-15-5-2-6-16-30)33-18-11-17-31(26-33)32-23-25-38-39(27-32)36-21-10-9-20-35(36)37-24-22-28-12-7-8-19-34(28)40(37)38/h1-27,43H. The van der Waals surface area contributed by atoms with Crippen molar-refractivity contribution in [1.29, 1.82) is 5.41 Å². The molecule has 0 aliphatic carbocycles. The summed E-state index contributed by atoms with van der Waals surface area (Å²) in [6.07, 6.45) is 0. The van der Waals surface area contributed by atoms with Crippen LogP contribution in [0.2, 0.25) is 0 Å². The Bertz CT molecular complexity index is 2340. The molecule has 0 atom stereocenters. The average Bonchev–Trinajstić information content (AvgIpc) is 3.11. The summed E-state index contributed by atoms with van der Waals surface area (Å²) in [6, 6.07) is 57.0. The minimum Gasteiger partial charge on any atom is -0.282 e. The Morgan fingerprint density at radius 1 is 0.386 bits per heavy atom. The number of amidine groups is 1. The Labute approximate surface area is 256 Å². The highest BCUT2D eigenvalue weighted by Crippen LogP contribution is 2.40. The molecule has 8 rings (SSSR count). The fraction of sp³-hybridized carbons (Fsp3) is 0. The normalized spacial score (nSPS) is 11.3. The van der Waals surface area contributed by atoms with Gasteiger partial charge in [0.2, 0.25) is 0 Å². The molecule has 8 aromatic rings. The molecule has 0 radical (unpaired) electrons. The van der Waals surface area contributed by atoms with E-state index >= 15 is 0 Å². The first kappa shape index (κ1) is 25.8. The Balaban J connectivity index is 1.27. The van der Waals surface area contributed by atoms with E-state index < -0.39 is 0 Å². The lowest BCUT2D eigenvalue weighted by atomic mass is 9.89. The maximum Gasteiger partial charge on any atom is 0.152 e. The van der Waals surface area contributed by atoms with Crippen LogP contribution in [0.3, 0.4) is 0 Å². The first-order valence-corrected chi connectivity index (χ1v) is 14.9. The first-order chi connectivity index (χ1) is 21.7. The average molecular weight is 561 g/mol. The fourth-order valence-corrected chi connectivity index (χ4v) is 6.41. The van der Waals surface area contributed by atoms with Crippen molar-refractivity contribution in [3.05, 3.63) is 180 Å². The SMILES string of the molecule is N=C(N=C(c1ccccc1)c1ccccc1)c1cccc(-c2ccc3c(c2)c2ccccc2c2ccc4ccccc4c23)c1. The van der Waals surface area contributed by atoms with Crippen LogP contribution in [-0.2, 0) is 0 Å². The Morgan fingerprint density at radius 2 is 0.932 bits per heavy atom. The predicted octanol–water partition coefficient (Wildman–Crippen LogP) is 10.8. The molecule has 0 fully saturated rings. The van der Waals surface area contributed by atoms with Crippen LogP contribution in [0.15, 0.2) is 169 Å². The van der Waals surface area contributed by atoms with Crippen molar-refractivity contribution in [2.24, 2.45) is 4.99 Å². The van der Waals surface area contributed by atoms with Crippen molar-refractivity contribution in [3.63, 3.8) is 0 Å². The zero-order valence-corrected chi connectivity index (χ0v) is 24.0. The number of fused-ring (bicyclic) bond motifs is 8. The molecule has 0 spiro atoms. The summed E-state index contributed by atoms with van der Waals surface area (Å²) < 4.78 is 0. The smallest absolute Gasteiger partial charge is 0.152 e. The molecule has 2 nitrogen and oxygen atoms in total. The number of benzene rings is 8. The van der Waals surface area contributed by atoms with Crippen LogP contribution in [0.4, 0.5) is 0 Å². The van der Waals surface area contributed by atoms with Crippen LogP contribution in [-0.4, -0.2) is 11.5 Å². The van der Waals surface area contributed by atoms with E-state index in [0.29, 0.717) is 0 Å².